The first-order valence-corrected chi connectivity index (χ1v) is 6.94. The Bertz CT molecular complexity index is 579. The number of amides is 1. The molecule has 1 unspecified atom stereocenters. The van der Waals surface area contributed by atoms with Crippen LogP contribution >= 0.6 is 0 Å². The monoisotopic (exact) mass is 299 g/mol. The molecule has 1 amide bonds. The fourth-order valence-corrected chi connectivity index (χ4v) is 1.78. The molecular weight excluding hydrogens is 278 g/mol. The van der Waals surface area contributed by atoms with Crippen molar-refractivity contribution in [3.63, 3.8) is 0 Å². The van der Waals surface area contributed by atoms with E-state index in [0.717, 1.165) is 5.56 Å². The van der Waals surface area contributed by atoms with E-state index in [2.05, 4.69) is 29.1 Å². The second kappa shape index (κ2) is 9.34. The molecule has 1 N–H and O–H groups in total. The lowest BCUT2D eigenvalue weighted by Gasteiger charge is -2.13. The van der Waals surface area contributed by atoms with E-state index in [1.165, 1.54) is 12.7 Å². The van der Waals surface area contributed by atoms with Crippen LogP contribution in [0.2, 0.25) is 0 Å². The third-order valence-corrected chi connectivity index (χ3v) is 3.02. The van der Waals surface area contributed by atoms with E-state index in [4.69, 9.17) is 0 Å². The van der Waals surface area contributed by atoms with Gasteiger partial charge in [0.2, 0.25) is 6.41 Å². The molecule has 0 aliphatic heterocycles. The van der Waals surface area contributed by atoms with Crippen molar-refractivity contribution >= 4 is 12.4 Å². The molecule has 1 atom stereocenters. The van der Waals surface area contributed by atoms with Crippen molar-refractivity contribution in [3.05, 3.63) is 71.3 Å². The Morgan fingerprint density at radius 2 is 1.55 bits per heavy atom. The molecule has 0 heterocycles. The molecule has 0 radical (unpaired) electrons. The summed E-state index contributed by atoms with van der Waals surface area (Å²) in [5.74, 6) is -0.481. The molecule has 0 saturated carbocycles. The predicted molar refractivity (Wildman–Crippen MR) is 86.3 cm³/mol. The number of rotatable bonds is 4. The van der Waals surface area contributed by atoms with Gasteiger partial charge in [0.1, 0.15) is 0 Å². The number of ether oxygens (including phenoxy) is 1. The summed E-state index contributed by atoms with van der Waals surface area (Å²) in [6.45, 7) is 4.03. The number of nitrogens with one attached hydrogen (secondary N) is 1. The van der Waals surface area contributed by atoms with Crippen molar-refractivity contribution in [1.29, 1.82) is 0 Å². The number of carbonyl (C=O) groups excluding carboxylic acids is 2. The first-order chi connectivity index (χ1) is 10.6. The highest BCUT2D eigenvalue weighted by Gasteiger charge is 2.19. The lowest BCUT2D eigenvalue weighted by atomic mass is 10.1. The maximum Gasteiger partial charge on any atom is 0.333 e. The number of carbonyl (C=O) groups is 2. The van der Waals surface area contributed by atoms with Crippen LogP contribution in [-0.2, 0) is 14.3 Å². The quantitative estimate of drug-likeness (QED) is 0.697. The Hall–Kier alpha value is -2.62. The molecule has 116 valence electrons. The van der Waals surface area contributed by atoms with Crippen molar-refractivity contribution in [2.24, 2.45) is 0 Å². The van der Waals surface area contributed by atoms with Crippen LogP contribution in [0.5, 0.6) is 0 Å². The van der Waals surface area contributed by atoms with Gasteiger partial charge in [-0.2, -0.15) is 0 Å². The molecule has 2 aromatic carbocycles. The fourth-order valence-electron chi connectivity index (χ4n) is 1.78. The molecule has 2 aromatic rings. The molecule has 4 nitrogen and oxygen atoms in total. The van der Waals surface area contributed by atoms with Gasteiger partial charge in [-0.25, -0.2) is 4.79 Å². The molecule has 2 rings (SSSR count). The van der Waals surface area contributed by atoms with Gasteiger partial charge in [-0.05, 0) is 19.4 Å². The van der Waals surface area contributed by atoms with Crippen molar-refractivity contribution < 1.29 is 14.3 Å². The SMILES string of the molecule is COC(=O)C(NC=O)c1ccc(C)cc1.Cc1ccccc1. The summed E-state index contributed by atoms with van der Waals surface area (Å²) in [7, 11) is 1.29. The topological polar surface area (TPSA) is 55.4 Å². The van der Waals surface area contributed by atoms with Gasteiger partial charge in [-0.3, -0.25) is 4.79 Å². The van der Waals surface area contributed by atoms with Crippen LogP contribution in [-0.4, -0.2) is 19.5 Å². The molecule has 4 heteroatoms. The molecule has 0 fully saturated rings. The zero-order valence-electron chi connectivity index (χ0n) is 13.1. The summed E-state index contributed by atoms with van der Waals surface area (Å²) in [5.41, 5.74) is 3.12. The third kappa shape index (κ3) is 5.79. The first kappa shape index (κ1) is 17.4. The number of aryl methyl sites for hydroxylation is 2. The minimum atomic E-state index is -0.729. The second-order valence-electron chi connectivity index (χ2n) is 4.81. The molecule has 0 bridgehead atoms. The van der Waals surface area contributed by atoms with Gasteiger partial charge in [-0.15, -0.1) is 0 Å². The third-order valence-electron chi connectivity index (χ3n) is 3.02. The fraction of sp³-hybridized carbons (Fsp3) is 0.222. The highest BCUT2D eigenvalue weighted by atomic mass is 16.5. The van der Waals surface area contributed by atoms with E-state index < -0.39 is 12.0 Å². The van der Waals surface area contributed by atoms with E-state index in [9.17, 15) is 9.59 Å². The van der Waals surface area contributed by atoms with Crippen LogP contribution in [0.3, 0.4) is 0 Å². The van der Waals surface area contributed by atoms with Gasteiger partial charge in [0.15, 0.2) is 6.04 Å². The van der Waals surface area contributed by atoms with Gasteiger partial charge in [0.05, 0.1) is 7.11 Å². The molecule has 0 saturated heterocycles. The summed E-state index contributed by atoms with van der Waals surface area (Å²) in [6.07, 6.45) is 0.488. The number of benzene rings is 2. The van der Waals surface area contributed by atoms with Crippen molar-refractivity contribution in [1.82, 2.24) is 5.32 Å². The number of esters is 1. The maximum absolute atomic E-state index is 11.3. The normalized spacial score (nSPS) is 10.7. The number of hydrogen-bond acceptors (Lipinski definition) is 3. The minimum absolute atomic E-state index is 0.481. The standard InChI is InChI=1S/C11H13NO3.C7H8/c1-8-3-5-9(6-4-8)10(12-7-13)11(14)15-2;1-7-5-3-2-4-6-7/h3-7,10H,1-2H3,(H,12,13);2-6H,1H3. The van der Waals surface area contributed by atoms with E-state index in [1.54, 1.807) is 12.1 Å². The Balaban J connectivity index is 0.000000287. The summed E-state index contributed by atoms with van der Waals surface area (Å²) in [6, 6.07) is 16.8. The van der Waals surface area contributed by atoms with Gasteiger partial charge >= 0.3 is 5.97 Å². The van der Waals surface area contributed by atoms with Gasteiger partial charge < -0.3 is 10.1 Å². The lowest BCUT2D eigenvalue weighted by molar-refractivity contribution is -0.144. The van der Waals surface area contributed by atoms with Crippen molar-refractivity contribution in [3.8, 4) is 0 Å². The summed E-state index contributed by atoms with van der Waals surface area (Å²) in [4.78, 5) is 21.7. The largest absolute Gasteiger partial charge is 0.467 e. The summed E-state index contributed by atoms with van der Waals surface area (Å²) >= 11 is 0. The molecule has 0 aliphatic carbocycles. The Labute approximate surface area is 131 Å². The molecule has 0 aliphatic rings. The summed E-state index contributed by atoms with van der Waals surface area (Å²) in [5, 5.41) is 2.41. The first-order valence-electron chi connectivity index (χ1n) is 6.94. The predicted octanol–water partition coefficient (Wildman–Crippen LogP) is 2.95. The highest BCUT2D eigenvalue weighted by Crippen LogP contribution is 2.14. The number of hydrogen-bond donors (Lipinski definition) is 1. The second-order valence-corrected chi connectivity index (χ2v) is 4.81. The number of methoxy groups -OCH3 is 1. The smallest absolute Gasteiger partial charge is 0.333 e. The van der Waals surface area contributed by atoms with Crippen LogP contribution in [0.1, 0.15) is 22.7 Å². The van der Waals surface area contributed by atoms with E-state index in [-0.39, 0.29) is 0 Å². The average Bonchev–Trinajstić information content (AvgIpc) is 2.54. The van der Waals surface area contributed by atoms with Gasteiger partial charge in [0, 0.05) is 0 Å². The highest BCUT2D eigenvalue weighted by molar-refractivity contribution is 5.79. The van der Waals surface area contributed by atoms with E-state index >= 15 is 0 Å². The van der Waals surface area contributed by atoms with Gasteiger partial charge in [0.25, 0.3) is 0 Å². The van der Waals surface area contributed by atoms with Gasteiger partial charge in [-0.1, -0.05) is 65.7 Å². The molecule has 0 aromatic heterocycles. The zero-order valence-corrected chi connectivity index (χ0v) is 13.1. The van der Waals surface area contributed by atoms with Crippen LogP contribution in [0.4, 0.5) is 0 Å². The molecular formula is C18H21NO3. The summed E-state index contributed by atoms with van der Waals surface area (Å²) < 4.78 is 4.59. The zero-order chi connectivity index (χ0) is 16.4. The Kier molecular flexibility index (Phi) is 7.40. The van der Waals surface area contributed by atoms with Crippen LogP contribution in [0.15, 0.2) is 54.6 Å². The van der Waals surface area contributed by atoms with Crippen molar-refractivity contribution in [2.45, 2.75) is 19.9 Å². The average molecular weight is 299 g/mol. The van der Waals surface area contributed by atoms with Crippen LogP contribution in [0.25, 0.3) is 0 Å². The Morgan fingerprint density at radius 1 is 1.00 bits per heavy atom. The maximum atomic E-state index is 11.3. The van der Waals surface area contributed by atoms with Crippen LogP contribution in [0, 0.1) is 13.8 Å². The van der Waals surface area contributed by atoms with E-state index in [1.807, 2.05) is 37.3 Å². The van der Waals surface area contributed by atoms with Crippen molar-refractivity contribution in [2.75, 3.05) is 7.11 Å². The lowest BCUT2D eigenvalue weighted by Crippen LogP contribution is -2.28. The van der Waals surface area contributed by atoms with E-state index in [0.29, 0.717) is 12.0 Å². The molecule has 22 heavy (non-hydrogen) atoms. The van der Waals surface area contributed by atoms with Crippen LogP contribution < -0.4 is 5.32 Å². The Morgan fingerprint density at radius 3 is 1.95 bits per heavy atom. The molecule has 0 spiro atoms. The minimum Gasteiger partial charge on any atom is -0.467 e.